The van der Waals surface area contributed by atoms with Crippen molar-refractivity contribution >= 4 is 35.4 Å². The predicted molar refractivity (Wildman–Crippen MR) is 120 cm³/mol. The zero-order chi connectivity index (χ0) is 22.5. The Morgan fingerprint density at radius 1 is 1.16 bits per heavy atom. The maximum Gasteiger partial charge on any atom is 0.338 e. The highest BCUT2D eigenvalue weighted by molar-refractivity contribution is 7.99. The van der Waals surface area contributed by atoms with Crippen LogP contribution < -0.4 is 10.6 Å². The van der Waals surface area contributed by atoms with E-state index in [4.69, 9.17) is 20.8 Å². The Balaban J connectivity index is 1.59. The van der Waals surface area contributed by atoms with Gasteiger partial charge < -0.3 is 19.8 Å². The van der Waals surface area contributed by atoms with E-state index in [1.54, 1.807) is 31.2 Å². The Morgan fingerprint density at radius 2 is 1.91 bits per heavy atom. The quantitative estimate of drug-likeness (QED) is 0.390. The molecule has 4 rings (SSSR count). The van der Waals surface area contributed by atoms with E-state index in [1.807, 2.05) is 30.3 Å². The maximum absolute atomic E-state index is 12.8. The summed E-state index contributed by atoms with van der Waals surface area (Å²) in [5.41, 5.74) is 2.27. The fourth-order valence-electron chi connectivity index (χ4n) is 3.19. The first-order chi connectivity index (χ1) is 15.5. The number of carbonyl (C=O) groups excluding carboxylic acids is 2. The highest BCUT2D eigenvalue weighted by atomic mass is 35.5. The van der Waals surface area contributed by atoms with Crippen molar-refractivity contribution in [2.75, 3.05) is 12.4 Å². The van der Waals surface area contributed by atoms with Gasteiger partial charge in [0.1, 0.15) is 0 Å². The molecule has 2 aromatic carbocycles. The fraction of sp³-hybridized carbons (Fsp3) is 0.182. The summed E-state index contributed by atoms with van der Waals surface area (Å²) >= 11 is 7.13. The number of carbonyl (C=O) groups is 2. The number of thioether (sulfide) groups is 1. The van der Waals surface area contributed by atoms with Crippen LogP contribution in [0.15, 0.2) is 75.5 Å². The van der Waals surface area contributed by atoms with Crippen molar-refractivity contribution in [3.8, 4) is 11.5 Å². The molecule has 1 unspecified atom stereocenters. The van der Waals surface area contributed by atoms with Gasteiger partial charge in [-0.3, -0.25) is 0 Å². The monoisotopic (exact) mass is 470 g/mol. The van der Waals surface area contributed by atoms with Crippen molar-refractivity contribution in [3.63, 3.8) is 0 Å². The van der Waals surface area contributed by atoms with Gasteiger partial charge in [0.05, 0.1) is 18.2 Å². The lowest BCUT2D eigenvalue weighted by atomic mass is 9.95. The third-order valence-electron chi connectivity index (χ3n) is 4.62. The van der Waals surface area contributed by atoms with Gasteiger partial charge in [-0.15, -0.1) is 10.2 Å². The summed E-state index contributed by atoms with van der Waals surface area (Å²) in [7, 11) is 0. The largest absolute Gasteiger partial charge is 0.463 e. The second kappa shape index (κ2) is 9.88. The number of aromatic nitrogens is 2. The molecule has 32 heavy (non-hydrogen) atoms. The maximum atomic E-state index is 12.8. The Labute approximate surface area is 193 Å². The lowest BCUT2D eigenvalue weighted by Crippen LogP contribution is -2.46. The number of nitrogens with one attached hydrogen (secondary N) is 2. The van der Waals surface area contributed by atoms with Crippen molar-refractivity contribution in [2.24, 2.45) is 0 Å². The number of ether oxygens (including phenoxy) is 1. The van der Waals surface area contributed by atoms with E-state index < -0.39 is 18.0 Å². The summed E-state index contributed by atoms with van der Waals surface area (Å²) in [5.74, 6) is 0.0739. The molecule has 0 saturated carbocycles. The van der Waals surface area contributed by atoms with E-state index in [1.165, 1.54) is 11.8 Å². The van der Waals surface area contributed by atoms with Crippen molar-refractivity contribution in [2.45, 2.75) is 18.2 Å². The second-order valence-electron chi connectivity index (χ2n) is 6.72. The molecule has 1 aromatic heterocycles. The van der Waals surface area contributed by atoms with Gasteiger partial charge >= 0.3 is 12.0 Å². The Morgan fingerprint density at radius 3 is 2.62 bits per heavy atom. The molecule has 3 aromatic rings. The van der Waals surface area contributed by atoms with E-state index in [9.17, 15) is 9.59 Å². The summed E-state index contributed by atoms with van der Waals surface area (Å²) in [6, 6.07) is 15.2. The van der Waals surface area contributed by atoms with Crippen LogP contribution in [0.25, 0.3) is 11.5 Å². The third-order valence-corrected chi connectivity index (χ3v) is 5.72. The Hall–Kier alpha value is -3.30. The first-order valence-electron chi connectivity index (χ1n) is 9.80. The molecule has 10 heteroatoms. The molecule has 2 heterocycles. The predicted octanol–water partition coefficient (Wildman–Crippen LogP) is 4.35. The molecular weight excluding hydrogens is 452 g/mol. The van der Waals surface area contributed by atoms with Crippen LogP contribution in [0.1, 0.15) is 18.5 Å². The van der Waals surface area contributed by atoms with E-state index in [-0.39, 0.29) is 12.4 Å². The van der Waals surface area contributed by atoms with Crippen LogP contribution in [0, 0.1) is 0 Å². The molecule has 1 aliphatic heterocycles. The van der Waals surface area contributed by atoms with Gasteiger partial charge in [0.25, 0.3) is 5.22 Å². The van der Waals surface area contributed by atoms with E-state index >= 15 is 0 Å². The number of nitrogens with zero attached hydrogens (tertiary/aromatic N) is 2. The summed E-state index contributed by atoms with van der Waals surface area (Å²) < 4.78 is 11.0. The van der Waals surface area contributed by atoms with Crippen LogP contribution in [0.2, 0.25) is 5.02 Å². The van der Waals surface area contributed by atoms with Crippen molar-refractivity contribution < 1.29 is 18.7 Å². The molecule has 0 radical (unpaired) electrons. The number of rotatable bonds is 7. The molecule has 0 bridgehead atoms. The number of esters is 1. The summed E-state index contributed by atoms with van der Waals surface area (Å²) in [4.78, 5) is 25.1. The number of benzene rings is 2. The van der Waals surface area contributed by atoms with Gasteiger partial charge in [-0.2, -0.15) is 0 Å². The van der Waals surface area contributed by atoms with Crippen molar-refractivity contribution in [3.05, 3.63) is 76.5 Å². The minimum absolute atomic E-state index is 0.215. The normalized spacial score (nSPS) is 15.8. The van der Waals surface area contributed by atoms with Gasteiger partial charge in [0.2, 0.25) is 5.89 Å². The van der Waals surface area contributed by atoms with Gasteiger partial charge in [0.15, 0.2) is 0 Å². The third kappa shape index (κ3) is 4.95. The molecular formula is C22H19ClN4O4S. The molecule has 0 fully saturated rings. The minimum Gasteiger partial charge on any atom is -0.463 e. The van der Waals surface area contributed by atoms with Crippen LogP contribution in [-0.2, 0) is 9.53 Å². The van der Waals surface area contributed by atoms with Gasteiger partial charge in [0, 0.05) is 22.0 Å². The molecule has 0 saturated heterocycles. The van der Waals surface area contributed by atoms with E-state index in [0.29, 0.717) is 27.4 Å². The fourth-order valence-corrected chi connectivity index (χ4v) is 4.05. The zero-order valence-corrected chi connectivity index (χ0v) is 18.6. The topological polar surface area (TPSA) is 106 Å². The van der Waals surface area contributed by atoms with E-state index in [2.05, 4.69) is 20.8 Å². The minimum atomic E-state index is -0.632. The number of urea groups is 1. The number of halogens is 1. The van der Waals surface area contributed by atoms with Crippen LogP contribution >= 0.6 is 23.4 Å². The Kier molecular flexibility index (Phi) is 6.77. The lowest BCUT2D eigenvalue weighted by molar-refractivity contribution is -0.139. The lowest BCUT2D eigenvalue weighted by Gasteiger charge is -2.29. The van der Waals surface area contributed by atoms with Crippen LogP contribution in [0.5, 0.6) is 0 Å². The van der Waals surface area contributed by atoms with Gasteiger partial charge in [-0.05, 0) is 36.8 Å². The summed E-state index contributed by atoms with van der Waals surface area (Å²) in [5, 5.41) is 14.5. The van der Waals surface area contributed by atoms with E-state index in [0.717, 1.165) is 11.1 Å². The molecule has 0 spiro atoms. The second-order valence-corrected chi connectivity index (χ2v) is 8.09. The van der Waals surface area contributed by atoms with Crippen molar-refractivity contribution in [1.29, 1.82) is 0 Å². The smallest absolute Gasteiger partial charge is 0.338 e. The average molecular weight is 471 g/mol. The van der Waals surface area contributed by atoms with Gasteiger partial charge in [-0.25, -0.2) is 9.59 Å². The highest BCUT2D eigenvalue weighted by Gasteiger charge is 2.33. The number of amides is 2. The van der Waals surface area contributed by atoms with Crippen LogP contribution in [-0.4, -0.2) is 34.6 Å². The summed E-state index contributed by atoms with van der Waals surface area (Å²) in [6.07, 6.45) is 0. The highest BCUT2D eigenvalue weighted by Crippen LogP contribution is 2.31. The SMILES string of the molecule is CCOC(=O)C1=C(CSc2nnc(-c3ccc(Cl)cc3)o2)NC(=O)NC1c1ccccc1. The Bertz CT molecular complexity index is 1150. The molecule has 2 amide bonds. The number of hydrogen-bond donors (Lipinski definition) is 2. The molecule has 1 atom stereocenters. The molecule has 0 aliphatic carbocycles. The average Bonchev–Trinajstić information content (AvgIpc) is 3.27. The molecule has 8 nitrogen and oxygen atoms in total. The van der Waals surface area contributed by atoms with Crippen LogP contribution in [0.4, 0.5) is 4.79 Å². The zero-order valence-electron chi connectivity index (χ0n) is 17.0. The first kappa shape index (κ1) is 21.9. The standard InChI is InChI=1S/C22H19ClN4O4S/c1-2-30-20(28)17-16(24-21(29)25-18(17)13-6-4-3-5-7-13)12-32-22-27-26-19(31-22)14-8-10-15(23)11-9-14/h3-11,18H,2,12H2,1H3,(H2,24,25,29). The van der Waals surface area contributed by atoms with Crippen LogP contribution in [0.3, 0.4) is 0 Å². The molecule has 1 aliphatic rings. The summed E-state index contributed by atoms with van der Waals surface area (Å²) in [6.45, 7) is 1.95. The molecule has 2 N–H and O–H groups in total. The number of hydrogen-bond acceptors (Lipinski definition) is 7. The van der Waals surface area contributed by atoms with Crippen molar-refractivity contribution in [1.82, 2.24) is 20.8 Å². The van der Waals surface area contributed by atoms with Gasteiger partial charge in [-0.1, -0.05) is 53.7 Å². The first-order valence-corrected chi connectivity index (χ1v) is 11.2. The molecule has 164 valence electrons.